The van der Waals surface area contributed by atoms with Crippen molar-refractivity contribution in [2.75, 3.05) is 5.32 Å². The van der Waals surface area contributed by atoms with Gasteiger partial charge in [0.15, 0.2) is 10.8 Å². The number of rotatable bonds is 3. The van der Waals surface area contributed by atoms with Gasteiger partial charge in [-0.05, 0) is 45.4 Å². The summed E-state index contributed by atoms with van der Waals surface area (Å²) in [7, 11) is 0. The van der Waals surface area contributed by atoms with Gasteiger partial charge in [0.25, 0.3) is 5.91 Å². The summed E-state index contributed by atoms with van der Waals surface area (Å²) in [6.45, 7) is 8.53. The van der Waals surface area contributed by atoms with Crippen LogP contribution in [0.2, 0.25) is 0 Å². The molecule has 1 N–H and O–H groups in total. The second-order valence-electron chi connectivity index (χ2n) is 6.31. The number of hydrogen-bond donors (Lipinski definition) is 1. The van der Waals surface area contributed by atoms with Gasteiger partial charge in [-0.3, -0.25) is 10.1 Å². The van der Waals surface area contributed by atoms with Crippen molar-refractivity contribution in [1.82, 2.24) is 19.7 Å². The van der Waals surface area contributed by atoms with Gasteiger partial charge in [-0.15, -0.1) is 0 Å². The number of benzene rings is 1. The normalized spacial score (nSPS) is 11.4. The maximum atomic E-state index is 13.0. The van der Waals surface area contributed by atoms with Gasteiger partial charge in [0.1, 0.15) is 0 Å². The smallest absolute Gasteiger partial charge is 0.258 e. The van der Waals surface area contributed by atoms with E-state index in [1.807, 2.05) is 56.6 Å². The van der Waals surface area contributed by atoms with E-state index in [-0.39, 0.29) is 5.91 Å². The molecule has 7 heteroatoms. The largest absolute Gasteiger partial charge is 0.298 e. The lowest BCUT2D eigenvalue weighted by atomic mass is 10.1. The fourth-order valence-electron chi connectivity index (χ4n) is 3.18. The minimum absolute atomic E-state index is 0.184. The number of carbonyl (C=O) groups is 1. The van der Waals surface area contributed by atoms with E-state index in [0.717, 1.165) is 38.2 Å². The molecular formula is C19H19N5OS. The van der Waals surface area contributed by atoms with Crippen molar-refractivity contribution in [2.45, 2.75) is 34.2 Å². The van der Waals surface area contributed by atoms with Crippen LogP contribution in [0.25, 0.3) is 21.3 Å². The average Bonchev–Trinajstić information content (AvgIpc) is 3.15. The number of nitrogens with one attached hydrogen (secondary N) is 1. The molecular weight excluding hydrogens is 346 g/mol. The summed E-state index contributed by atoms with van der Waals surface area (Å²) in [4.78, 5) is 22.1. The molecule has 3 heterocycles. The zero-order chi connectivity index (χ0) is 18.4. The zero-order valence-corrected chi connectivity index (χ0v) is 15.9. The molecule has 4 aromatic rings. The molecule has 0 saturated heterocycles. The Labute approximate surface area is 154 Å². The maximum absolute atomic E-state index is 13.0. The van der Waals surface area contributed by atoms with E-state index in [9.17, 15) is 4.79 Å². The topological polar surface area (TPSA) is 72.7 Å². The Hall–Kier alpha value is -2.80. The van der Waals surface area contributed by atoms with Gasteiger partial charge < -0.3 is 0 Å². The van der Waals surface area contributed by atoms with Crippen LogP contribution in [0.1, 0.15) is 34.2 Å². The average molecular weight is 365 g/mol. The van der Waals surface area contributed by atoms with Gasteiger partial charge >= 0.3 is 0 Å². The maximum Gasteiger partial charge on any atom is 0.258 e. The summed E-state index contributed by atoms with van der Waals surface area (Å²) < 4.78 is 2.89. The van der Waals surface area contributed by atoms with Crippen molar-refractivity contribution >= 4 is 43.6 Å². The molecule has 132 valence electrons. The van der Waals surface area contributed by atoms with E-state index in [1.165, 1.54) is 11.3 Å². The molecule has 0 atom stereocenters. The van der Waals surface area contributed by atoms with Crippen LogP contribution in [0.3, 0.4) is 0 Å². The van der Waals surface area contributed by atoms with Crippen molar-refractivity contribution in [2.24, 2.45) is 0 Å². The predicted molar refractivity (Wildman–Crippen MR) is 105 cm³/mol. The lowest BCUT2D eigenvalue weighted by Gasteiger charge is -2.06. The van der Waals surface area contributed by atoms with Crippen molar-refractivity contribution in [1.29, 1.82) is 0 Å². The molecule has 0 unspecified atom stereocenters. The first-order valence-electron chi connectivity index (χ1n) is 8.50. The summed E-state index contributed by atoms with van der Waals surface area (Å²) in [5.74, 6) is -0.184. The SMILES string of the molecule is CCn1nc(C)c2c(C(=O)Nc3nc4c(C)cccc4s3)cc(C)nc21. The Morgan fingerprint density at radius 1 is 1.23 bits per heavy atom. The lowest BCUT2D eigenvalue weighted by molar-refractivity contribution is 0.102. The Morgan fingerprint density at radius 3 is 2.77 bits per heavy atom. The van der Waals surface area contributed by atoms with Crippen molar-refractivity contribution in [3.8, 4) is 0 Å². The molecule has 0 bridgehead atoms. The highest BCUT2D eigenvalue weighted by Crippen LogP contribution is 2.29. The van der Waals surface area contributed by atoms with E-state index in [2.05, 4.69) is 20.4 Å². The molecule has 1 aromatic carbocycles. The number of amides is 1. The third-order valence-corrected chi connectivity index (χ3v) is 5.33. The van der Waals surface area contributed by atoms with Crippen LogP contribution < -0.4 is 5.32 Å². The summed E-state index contributed by atoms with van der Waals surface area (Å²) in [6.07, 6.45) is 0. The van der Waals surface area contributed by atoms with Gasteiger partial charge in [0.05, 0.1) is 26.9 Å². The van der Waals surface area contributed by atoms with Crippen LogP contribution >= 0.6 is 11.3 Å². The zero-order valence-electron chi connectivity index (χ0n) is 15.1. The van der Waals surface area contributed by atoms with E-state index in [1.54, 1.807) is 0 Å². The second-order valence-corrected chi connectivity index (χ2v) is 7.34. The van der Waals surface area contributed by atoms with Gasteiger partial charge in [0.2, 0.25) is 0 Å². The molecule has 0 aliphatic heterocycles. The summed E-state index contributed by atoms with van der Waals surface area (Å²) in [6, 6.07) is 7.84. The number of carbonyl (C=O) groups excluding carboxylic acids is 1. The Morgan fingerprint density at radius 2 is 2.04 bits per heavy atom. The number of nitrogens with zero attached hydrogens (tertiary/aromatic N) is 4. The number of hydrogen-bond acceptors (Lipinski definition) is 5. The summed E-state index contributed by atoms with van der Waals surface area (Å²) in [5.41, 5.74) is 4.95. The summed E-state index contributed by atoms with van der Waals surface area (Å²) >= 11 is 1.48. The quantitative estimate of drug-likeness (QED) is 0.589. The van der Waals surface area contributed by atoms with Gasteiger partial charge in [-0.1, -0.05) is 23.5 Å². The third-order valence-electron chi connectivity index (χ3n) is 4.39. The van der Waals surface area contributed by atoms with Crippen LogP contribution in [0, 0.1) is 20.8 Å². The highest BCUT2D eigenvalue weighted by atomic mass is 32.1. The van der Waals surface area contributed by atoms with E-state index in [4.69, 9.17) is 0 Å². The summed E-state index contributed by atoms with van der Waals surface area (Å²) in [5, 5.41) is 8.86. The minimum Gasteiger partial charge on any atom is -0.298 e. The second kappa shape index (κ2) is 6.17. The molecule has 26 heavy (non-hydrogen) atoms. The monoisotopic (exact) mass is 365 g/mol. The number of para-hydroxylation sites is 1. The number of pyridine rings is 1. The van der Waals surface area contributed by atoms with E-state index < -0.39 is 0 Å². The Kier molecular flexibility index (Phi) is 3.96. The number of aryl methyl sites for hydroxylation is 4. The standard InChI is InChI=1S/C19H19N5OS/c1-5-24-17-15(12(4)23-24)13(9-11(3)20-17)18(25)22-19-21-16-10(2)7-6-8-14(16)26-19/h6-9H,5H2,1-4H3,(H,21,22,25). The van der Waals surface area contributed by atoms with Gasteiger partial charge in [-0.25, -0.2) is 14.6 Å². The molecule has 0 aliphatic carbocycles. The number of anilines is 1. The van der Waals surface area contributed by atoms with Crippen LogP contribution in [0.15, 0.2) is 24.3 Å². The highest BCUT2D eigenvalue weighted by molar-refractivity contribution is 7.22. The van der Waals surface area contributed by atoms with Crippen molar-refractivity contribution in [3.05, 3.63) is 46.8 Å². The first-order chi connectivity index (χ1) is 12.5. The Bertz CT molecular complexity index is 1160. The molecule has 0 spiro atoms. The molecule has 3 aromatic heterocycles. The van der Waals surface area contributed by atoms with Crippen LogP contribution in [0.4, 0.5) is 5.13 Å². The van der Waals surface area contributed by atoms with Gasteiger partial charge in [-0.2, -0.15) is 5.10 Å². The minimum atomic E-state index is -0.184. The van der Waals surface area contributed by atoms with Crippen LogP contribution in [-0.2, 0) is 6.54 Å². The molecule has 1 amide bonds. The number of fused-ring (bicyclic) bond motifs is 2. The lowest BCUT2D eigenvalue weighted by Crippen LogP contribution is -2.13. The molecule has 4 rings (SSSR count). The fourth-order valence-corrected chi connectivity index (χ4v) is 4.12. The van der Waals surface area contributed by atoms with Crippen molar-refractivity contribution < 1.29 is 4.79 Å². The predicted octanol–water partition coefficient (Wildman–Crippen LogP) is 4.24. The molecule has 0 saturated carbocycles. The van der Waals surface area contributed by atoms with Crippen molar-refractivity contribution in [3.63, 3.8) is 0 Å². The number of aromatic nitrogens is 4. The van der Waals surface area contributed by atoms with E-state index in [0.29, 0.717) is 17.2 Å². The molecule has 6 nitrogen and oxygen atoms in total. The molecule has 0 radical (unpaired) electrons. The first-order valence-corrected chi connectivity index (χ1v) is 9.32. The van der Waals surface area contributed by atoms with E-state index >= 15 is 0 Å². The third kappa shape index (κ3) is 2.64. The van der Waals surface area contributed by atoms with Crippen LogP contribution in [-0.4, -0.2) is 25.7 Å². The molecule has 0 aliphatic rings. The fraction of sp³-hybridized carbons (Fsp3) is 0.263. The molecule has 0 fully saturated rings. The van der Waals surface area contributed by atoms with Crippen LogP contribution in [0.5, 0.6) is 0 Å². The number of thiazole rings is 1. The van der Waals surface area contributed by atoms with Gasteiger partial charge in [0, 0.05) is 12.2 Å². The Balaban J connectivity index is 1.78. The highest BCUT2D eigenvalue weighted by Gasteiger charge is 2.19. The first kappa shape index (κ1) is 16.7.